The second-order valence-corrected chi connectivity index (χ2v) is 8.50. The zero-order valence-corrected chi connectivity index (χ0v) is 18.5. The van der Waals surface area contributed by atoms with Gasteiger partial charge in [-0.15, -0.1) is 0 Å². The molecule has 1 saturated heterocycles. The van der Waals surface area contributed by atoms with E-state index in [1.165, 1.54) is 25.5 Å². The van der Waals surface area contributed by atoms with Crippen LogP contribution in [0.25, 0.3) is 5.57 Å². The van der Waals surface area contributed by atoms with Crippen LogP contribution in [0.15, 0.2) is 30.7 Å². The number of Topliss-reactive ketones (excluding diaryl/α,β-unsaturated/α-hetero) is 1. The summed E-state index contributed by atoms with van der Waals surface area (Å²) in [7, 11) is 0. The molecule has 168 valence electrons. The van der Waals surface area contributed by atoms with E-state index in [1.54, 1.807) is 0 Å². The Labute approximate surface area is 186 Å². The number of nitrogens with one attached hydrogen (secondary N) is 1. The van der Waals surface area contributed by atoms with Crippen molar-refractivity contribution in [2.45, 2.75) is 32.8 Å². The van der Waals surface area contributed by atoms with E-state index >= 15 is 0 Å². The topological polar surface area (TPSA) is 120 Å². The largest absolute Gasteiger partial charge is 0.487 e. The van der Waals surface area contributed by atoms with E-state index in [0.29, 0.717) is 37.6 Å². The van der Waals surface area contributed by atoms with Gasteiger partial charge in [0, 0.05) is 49.7 Å². The smallest absolute Gasteiger partial charge is 0.261 e. The molecule has 1 fully saturated rings. The average molecular weight is 438 g/mol. The van der Waals surface area contributed by atoms with Gasteiger partial charge in [-0.1, -0.05) is 0 Å². The van der Waals surface area contributed by atoms with Crippen LogP contribution in [0.4, 0.5) is 11.4 Å². The lowest BCUT2D eigenvalue weighted by Gasteiger charge is -2.31. The molecule has 0 spiro atoms. The molecule has 3 N–H and O–H groups in total. The highest BCUT2D eigenvalue weighted by Gasteiger charge is 2.32. The van der Waals surface area contributed by atoms with E-state index in [2.05, 4.69) is 20.2 Å². The first-order valence-electron chi connectivity index (χ1n) is 10.5. The van der Waals surface area contributed by atoms with Crippen LogP contribution in [0.3, 0.4) is 0 Å². The number of ketones is 1. The first-order chi connectivity index (χ1) is 15.3. The second kappa shape index (κ2) is 8.58. The zero-order chi connectivity index (χ0) is 22.9. The summed E-state index contributed by atoms with van der Waals surface area (Å²) in [5.74, 6) is 0.384. The van der Waals surface area contributed by atoms with E-state index in [1.807, 2.05) is 26.0 Å². The second-order valence-electron chi connectivity index (χ2n) is 8.50. The number of ether oxygens (including phenoxy) is 2. The van der Waals surface area contributed by atoms with Gasteiger partial charge in [-0.05, 0) is 26.8 Å². The quantitative estimate of drug-likeness (QED) is 0.539. The Morgan fingerprint density at radius 3 is 2.50 bits per heavy atom. The summed E-state index contributed by atoms with van der Waals surface area (Å²) in [6, 6.07) is 3.94. The van der Waals surface area contributed by atoms with Crippen molar-refractivity contribution in [2.75, 3.05) is 36.5 Å². The molecule has 1 aromatic carbocycles. The van der Waals surface area contributed by atoms with Crippen molar-refractivity contribution in [1.29, 1.82) is 0 Å². The molecule has 2 aromatic rings. The number of morpholine rings is 1. The molecule has 2 aliphatic heterocycles. The summed E-state index contributed by atoms with van der Waals surface area (Å²) in [5.41, 5.74) is 8.48. The molecule has 0 atom stereocenters. The Morgan fingerprint density at radius 1 is 1.19 bits per heavy atom. The van der Waals surface area contributed by atoms with Gasteiger partial charge in [0.05, 0.1) is 35.7 Å². The van der Waals surface area contributed by atoms with Crippen molar-refractivity contribution in [2.24, 2.45) is 5.73 Å². The predicted octanol–water partition coefficient (Wildman–Crippen LogP) is 2.17. The number of hydrogen-bond acceptors (Lipinski definition) is 8. The van der Waals surface area contributed by atoms with E-state index < -0.39 is 5.91 Å². The molecule has 2 aliphatic rings. The highest BCUT2D eigenvalue weighted by atomic mass is 16.5. The number of carbonyl (C=O) groups excluding carboxylic acids is 2. The van der Waals surface area contributed by atoms with Crippen LogP contribution in [-0.4, -0.2) is 53.6 Å². The van der Waals surface area contributed by atoms with Gasteiger partial charge >= 0.3 is 0 Å². The van der Waals surface area contributed by atoms with Crippen LogP contribution < -0.4 is 20.7 Å². The van der Waals surface area contributed by atoms with Gasteiger partial charge in [-0.25, -0.2) is 9.97 Å². The van der Waals surface area contributed by atoms with Gasteiger partial charge < -0.3 is 25.4 Å². The first-order valence-corrected chi connectivity index (χ1v) is 10.5. The van der Waals surface area contributed by atoms with Gasteiger partial charge in [-0.3, -0.25) is 9.59 Å². The van der Waals surface area contributed by atoms with Crippen LogP contribution >= 0.6 is 0 Å². The van der Waals surface area contributed by atoms with Crippen LogP contribution in [0.1, 0.15) is 42.5 Å². The molecule has 0 bridgehead atoms. The normalized spacial score (nSPS) is 17.5. The molecule has 1 amide bonds. The molecule has 1 aromatic heterocycles. The lowest BCUT2D eigenvalue weighted by Crippen LogP contribution is -2.36. The van der Waals surface area contributed by atoms with E-state index in [4.69, 9.17) is 15.2 Å². The minimum Gasteiger partial charge on any atom is -0.487 e. The number of aromatic nitrogens is 2. The molecular formula is C23H27N5O4. The highest BCUT2D eigenvalue weighted by Crippen LogP contribution is 2.42. The average Bonchev–Trinajstić information content (AvgIpc) is 3.07. The monoisotopic (exact) mass is 437 g/mol. The summed E-state index contributed by atoms with van der Waals surface area (Å²) in [5, 5.41) is 2.98. The Kier molecular flexibility index (Phi) is 5.84. The van der Waals surface area contributed by atoms with Gasteiger partial charge in [0.25, 0.3) is 5.91 Å². The highest BCUT2D eigenvalue weighted by molar-refractivity contribution is 6.24. The Balaban J connectivity index is 1.64. The molecule has 0 radical (unpaired) electrons. The van der Waals surface area contributed by atoms with Gasteiger partial charge in [0.1, 0.15) is 11.4 Å². The van der Waals surface area contributed by atoms with E-state index in [0.717, 1.165) is 23.4 Å². The van der Waals surface area contributed by atoms with Crippen molar-refractivity contribution in [3.8, 4) is 5.75 Å². The zero-order valence-electron chi connectivity index (χ0n) is 18.5. The number of amides is 1. The van der Waals surface area contributed by atoms with Crippen molar-refractivity contribution >= 4 is 28.6 Å². The fraction of sp³-hybridized carbons (Fsp3) is 0.391. The Morgan fingerprint density at radius 2 is 1.88 bits per heavy atom. The minimum atomic E-state index is -0.435. The molecule has 32 heavy (non-hydrogen) atoms. The fourth-order valence-corrected chi connectivity index (χ4v) is 3.90. The molecule has 0 saturated carbocycles. The number of nitrogens with zero attached hydrogens (tertiary/aromatic N) is 3. The molecule has 9 nitrogen and oxygen atoms in total. The van der Waals surface area contributed by atoms with Crippen LogP contribution in [0.5, 0.6) is 5.75 Å². The van der Waals surface area contributed by atoms with Gasteiger partial charge in [0.2, 0.25) is 0 Å². The maximum atomic E-state index is 13.1. The molecule has 0 unspecified atom stereocenters. The number of anilines is 2. The van der Waals surface area contributed by atoms with Crippen molar-refractivity contribution in [3.63, 3.8) is 0 Å². The van der Waals surface area contributed by atoms with Crippen molar-refractivity contribution < 1.29 is 19.1 Å². The third-order valence-electron chi connectivity index (χ3n) is 5.49. The number of rotatable bonds is 5. The number of carbonyl (C=O) groups is 2. The van der Waals surface area contributed by atoms with E-state index in [-0.39, 0.29) is 22.8 Å². The lowest BCUT2D eigenvalue weighted by molar-refractivity contribution is -0.111. The van der Waals surface area contributed by atoms with E-state index in [9.17, 15) is 9.59 Å². The molecule has 4 rings (SSSR count). The number of benzene rings is 1. The van der Waals surface area contributed by atoms with Crippen LogP contribution in [-0.2, 0) is 16.0 Å². The predicted molar refractivity (Wildman–Crippen MR) is 121 cm³/mol. The third kappa shape index (κ3) is 4.43. The van der Waals surface area contributed by atoms with Gasteiger partial charge in [-0.2, -0.15) is 0 Å². The fourth-order valence-electron chi connectivity index (χ4n) is 3.90. The summed E-state index contributed by atoms with van der Waals surface area (Å²) in [6.07, 6.45) is 4.68. The van der Waals surface area contributed by atoms with Crippen LogP contribution in [0, 0.1) is 0 Å². The van der Waals surface area contributed by atoms with Crippen LogP contribution in [0.2, 0.25) is 0 Å². The van der Waals surface area contributed by atoms with Crippen molar-refractivity contribution in [1.82, 2.24) is 9.97 Å². The van der Waals surface area contributed by atoms with Crippen molar-refractivity contribution in [3.05, 3.63) is 47.7 Å². The maximum absolute atomic E-state index is 13.1. The standard InChI is InChI=1S/C23H27N5O4/c1-14(29)16-12-25-21(26-13-16)17(11-24)22(30)27-18-8-15-10-23(2,3)32-20(15)9-19(18)28-4-6-31-7-5-28/h8-9,11-13H,4-7,10,24H2,1-3H3,(H,27,30). The Bertz CT molecular complexity index is 1070. The summed E-state index contributed by atoms with van der Waals surface area (Å²) < 4.78 is 11.6. The molecule has 0 aliphatic carbocycles. The molecular weight excluding hydrogens is 410 g/mol. The third-order valence-corrected chi connectivity index (χ3v) is 5.49. The molecule has 9 heteroatoms. The summed E-state index contributed by atoms with van der Waals surface area (Å²) >= 11 is 0. The van der Waals surface area contributed by atoms with Gasteiger partial charge in [0.15, 0.2) is 11.6 Å². The molecule has 3 heterocycles. The summed E-state index contributed by atoms with van der Waals surface area (Å²) in [4.78, 5) is 35.1. The maximum Gasteiger partial charge on any atom is 0.261 e. The number of fused-ring (bicyclic) bond motifs is 1. The number of hydrogen-bond donors (Lipinski definition) is 2. The Hall–Kier alpha value is -3.46. The number of nitrogens with two attached hydrogens (primary N) is 1. The first kappa shape index (κ1) is 21.8. The minimum absolute atomic E-state index is 0.116. The SMILES string of the molecule is CC(=O)c1cnc(C(=CN)C(=O)Nc2cc3c(cc2N2CCOCC2)OC(C)(C)C3)nc1. The lowest BCUT2D eigenvalue weighted by atomic mass is 10.0. The summed E-state index contributed by atoms with van der Waals surface area (Å²) in [6.45, 7) is 8.15.